The maximum Gasteiger partial charge on any atom is 0.128 e. The van der Waals surface area contributed by atoms with E-state index in [2.05, 4.69) is 6.07 Å². The SMILES string of the molecule is COCc1cc(OC)cc(CC#N)c1OC. The molecule has 0 fully saturated rings. The predicted octanol–water partition coefficient (Wildman–Crippen LogP) is 1.92. The molecule has 86 valence electrons. The molecule has 4 nitrogen and oxygen atoms in total. The Morgan fingerprint density at radius 2 is 1.81 bits per heavy atom. The van der Waals surface area contributed by atoms with Gasteiger partial charge in [0.2, 0.25) is 0 Å². The van der Waals surface area contributed by atoms with Crippen molar-refractivity contribution in [1.82, 2.24) is 0 Å². The maximum atomic E-state index is 8.75. The van der Waals surface area contributed by atoms with Crippen molar-refractivity contribution in [3.05, 3.63) is 23.3 Å². The lowest BCUT2D eigenvalue weighted by molar-refractivity contribution is 0.181. The number of ether oxygens (including phenoxy) is 3. The standard InChI is InChI=1S/C12H15NO3/c1-14-8-10-7-11(15-2)6-9(4-5-13)12(10)16-3/h6-7H,4,8H2,1-3H3. The fourth-order valence-electron chi connectivity index (χ4n) is 1.58. The molecule has 0 aliphatic heterocycles. The van der Waals surface area contributed by atoms with Gasteiger partial charge in [-0.1, -0.05) is 0 Å². The largest absolute Gasteiger partial charge is 0.497 e. The summed E-state index contributed by atoms with van der Waals surface area (Å²) in [5, 5.41) is 8.75. The van der Waals surface area contributed by atoms with Gasteiger partial charge in [0.25, 0.3) is 0 Å². The summed E-state index contributed by atoms with van der Waals surface area (Å²) in [5.41, 5.74) is 1.70. The summed E-state index contributed by atoms with van der Waals surface area (Å²) in [5.74, 6) is 1.40. The van der Waals surface area contributed by atoms with Crippen molar-refractivity contribution >= 4 is 0 Å². The summed E-state index contributed by atoms with van der Waals surface area (Å²) in [4.78, 5) is 0. The molecule has 0 saturated carbocycles. The number of nitriles is 1. The summed E-state index contributed by atoms with van der Waals surface area (Å²) >= 11 is 0. The fraction of sp³-hybridized carbons (Fsp3) is 0.417. The Hall–Kier alpha value is -1.73. The van der Waals surface area contributed by atoms with Crippen LogP contribution in [0.4, 0.5) is 0 Å². The molecule has 1 rings (SSSR count). The molecule has 4 heteroatoms. The van der Waals surface area contributed by atoms with Gasteiger partial charge in [-0.05, 0) is 12.1 Å². The smallest absolute Gasteiger partial charge is 0.128 e. The lowest BCUT2D eigenvalue weighted by Gasteiger charge is -2.13. The third kappa shape index (κ3) is 2.65. The van der Waals surface area contributed by atoms with Crippen LogP contribution in [0.1, 0.15) is 11.1 Å². The van der Waals surface area contributed by atoms with E-state index in [1.165, 1.54) is 0 Å². The zero-order valence-corrected chi connectivity index (χ0v) is 9.74. The zero-order chi connectivity index (χ0) is 12.0. The van der Waals surface area contributed by atoms with Gasteiger partial charge >= 0.3 is 0 Å². The van der Waals surface area contributed by atoms with Crippen LogP contribution >= 0.6 is 0 Å². The summed E-state index contributed by atoms with van der Waals surface area (Å²) in [6.45, 7) is 0.429. The van der Waals surface area contributed by atoms with Gasteiger partial charge in [-0.3, -0.25) is 0 Å². The van der Waals surface area contributed by atoms with Gasteiger partial charge in [-0.25, -0.2) is 0 Å². The fourth-order valence-corrected chi connectivity index (χ4v) is 1.58. The van der Waals surface area contributed by atoms with Gasteiger partial charge in [-0.2, -0.15) is 5.26 Å². The van der Waals surface area contributed by atoms with E-state index in [1.807, 2.05) is 6.07 Å². The third-order valence-corrected chi connectivity index (χ3v) is 2.23. The van der Waals surface area contributed by atoms with E-state index in [1.54, 1.807) is 27.4 Å². The summed E-state index contributed by atoms with van der Waals surface area (Å²) in [7, 11) is 4.79. The molecule has 0 amide bonds. The van der Waals surface area contributed by atoms with Crippen molar-refractivity contribution in [1.29, 1.82) is 5.26 Å². The van der Waals surface area contributed by atoms with E-state index in [0.717, 1.165) is 11.1 Å². The number of hydrogen-bond donors (Lipinski definition) is 0. The highest BCUT2D eigenvalue weighted by Crippen LogP contribution is 2.30. The first kappa shape index (κ1) is 12.3. The average Bonchev–Trinajstić information content (AvgIpc) is 2.29. The second-order valence-corrected chi connectivity index (χ2v) is 3.25. The minimum Gasteiger partial charge on any atom is -0.497 e. The molecule has 0 radical (unpaired) electrons. The molecular weight excluding hydrogens is 206 g/mol. The first-order valence-corrected chi connectivity index (χ1v) is 4.86. The van der Waals surface area contributed by atoms with Gasteiger partial charge in [0.05, 0.1) is 33.3 Å². The molecule has 0 unspecified atom stereocenters. The molecule has 0 atom stereocenters. The molecule has 1 aromatic rings. The minimum atomic E-state index is 0.289. The Kier molecular flexibility index (Phi) is 4.62. The van der Waals surface area contributed by atoms with E-state index in [0.29, 0.717) is 18.1 Å². The van der Waals surface area contributed by atoms with Crippen LogP contribution in [0.3, 0.4) is 0 Å². The van der Waals surface area contributed by atoms with Crippen LogP contribution in [0.2, 0.25) is 0 Å². The molecule has 0 bridgehead atoms. The summed E-state index contributed by atoms with van der Waals surface area (Å²) in [6, 6.07) is 5.76. The van der Waals surface area contributed by atoms with Crippen LogP contribution < -0.4 is 9.47 Å². The second-order valence-electron chi connectivity index (χ2n) is 3.25. The van der Waals surface area contributed by atoms with Crippen LogP contribution in [0.5, 0.6) is 11.5 Å². The summed E-state index contributed by atoms with van der Waals surface area (Å²) < 4.78 is 15.5. The topological polar surface area (TPSA) is 51.5 Å². The quantitative estimate of drug-likeness (QED) is 0.762. The van der Waals surface area contributed by atoms with Gasteiger partial charge in [-0.15, -0.1) is 0 Å². The lowest BCUT2D eigenvalue weighted by Crippen LogP contribution is -2.00. The van der Waals surface area contributed by atoms with E-state index >= 15 is 0 Å². The van der Waals surface area contributed by atoms with E-state index in [4.69, 9.17) is 19.5 Å². The number of methoxy groups -OCH3 is 3. The van der Waals surface area contributed by atoms with Crippen LogP contribution in [0.15, 0.2) is 12.1 Å². The molecule has 1 aromatic carbocycles. The van der Waals surface area contributed by atoms with Crippen LogP contribution in [-0.2, 0) is 17.8 Å². The minimum absolute atomic E-state index is 0.289. The van der Waals surface area contributed by atoms with Crippen molar-refractivity contribution in [2.24, 2.45) is 0 Å². The van der Waals surface area contributed by atoms with Crippen molar-refractivity contribution < 1.29 is 14.2 Å². The number of nitrogens with zero attached hydrogens (tertiary/aromatic N) is 1. The molecule has 0 spiro atoms. The molecule has 0 N–H and O–H groups in total. The Morgan fingerprint density at radius 3 is 2.31 bits per heavy atom. The summed E-state index contributed by atoms with van der Waals surface area (Å²) in [6.07, 6.45) is 0.289. The Labute approximate surface area is 95.4 Å². The van der Waals surface area contributed by atoms with Gasteiger partial charge in [0.15, 0.2) is 0 Å². The number of rotatable bonds is 5. The molecular formula is C12H15NO3. The number of hydrogen-bond acceptors (Lipinski definition) is 4. The van der Waals surface area contributed by atoms with Gasteiger partial charge < -0.3 is 14.2 Å². The Balaban J connectivity index is 3.23. The monoisotopic (exact) mass is 221 g/mol. The van der Waals surface area contributed by atoms with Crippen molar-refractivity contribution in [2.75, 3.05) is 21.3 Å². The lowest BCUT2D eigenvalue weighted by atomic mass is 10.1. The first-order valence-electron chi connectivity index (χ1n) is 4.86. The molecule has 16 heavy (non-hydrogen) atoms. The Morgan fingerprint density at radius 1 is 1.12 bits per heavy atom. The molecule has 0 saturated heterocycles. The average molecular weight is 221 g/mol. The predicted molar refractivity (Wildman–Crippen MR) is 59.6 cm³/mol. The van der Waals surface area contributed by atoms with Crippen LogP contribution in [0.25, 0.3) is 0 Å². The first-order chi connectivity index (χ1) is 7.76. The van der Waals surface area contributed by atoms with E-state index in [9.17, 15) is 0 Å². The van der Waals surface area contributed by atoms with Crippen molar-refractivity contribution in [3.8, 4) is 17.6 Å². The second kappa shape index (κ2) is 5.99. The van der Waals surface area contributed by atoms with Gasteiger partial charge in [0.1, 0.15) is 11.5 Å². The highest BCUT2D eigenvalue weighted by Gasteiger charge is 2.11. The molecule has 0 aliphatic rings. The van der Waals surface area contributed by atoms with Crippen LogP contribution in [0, 0.1) is 11.3 Å². The van der Waals surface area contributed by atoms with Gasteiger partial charge in [0, 0.05) is 18.2 Å². The van der Waals surface area contributed by atoms with Crippen molar-refractivity contribution in [2.45, 2.75) is 13.0 Å². The highest BCUT2D eigenvalue weighted by atomic mass is 16.5. The molecule has 0 aromatic heterocycles. The molecule has 0 heterocycles. The third-order valence-electron chi connectivity index (χ3n) is 2.23. The number of benzene rings is 1. The Bertz CT molecular complexity index is 396. The molecule has 0 aliphatic carbocycles. The van der Waals surface area contributed by atoms with E-state index in [-0.39, 0.29) is 6.42 Å². The zero-order valence-electron chi connectivity index (χ0n) is 9.74. The highest BCUT2D eigenvalue weighted by molar-refractivity contribution is 5.48. The maximum absolute atomic E-state index is 8.75. The normalized spacial score (nSPS) is 9.62. The van der Waals surface area contributed by atoms with Crippen molar-refractivity contribution in [3.63, 3.8) is 0 Å². The van der Waals surface area contributed by atoms with E-state index < -0.39 is 0 Å². The van der Waals surface area contributed by atoms with Crippen LogP contribution in [-0.4, -0.2) is 21.3 Å².